The number of hydrogen-bond donors (Lipinski definition) is 0. The van der Waals surface area contributed by atoms with Crippen molar-refractivity contribution in [2.75, 3.05) is 13.2 Å². The highest BCUT2D eigenvalue weighted by Crippen LogP contribution is 2.23. The molecule has 0 heterocycles. The molecule has 0 N–H and O–H groups in total. The fourth-order valence-electron chi connectivity index (χ4n) is 2.39. The highest BCUT2D eigenvalue weighted by atomic mass is 127. The van der Waals surface area contributed by atoms with Crippen LogP contribution in [0.5, 0.6) is 0 Å². The second kappa shape index (κ2) is 7.24. The van der Waals surface area contributed by atoms with E-state index in [9.17, 15) is 4.79 Å². The first kappa shape index (κ1) is 14.0. The highest BCUT2D eigenvalue weighted by molar-refractivity contribution is 14.1. The van der Waals surface area contributed by atoms with Crippen molar-refractivity contribution in [3.63, 3.8) is 0 Å². The normalized spacial score (nSPS) is 16.7. The number of benzene rings is 1. The van der Waals surface area contributed by atoms with Gasteiger partial charge in [0.25, 0.3) is 0 Å². The van der Waals surface area contributed by atoms with Crippen LogP contribution in [0.15, 0.2) is 24.3 Å². The highest BCUT2D eigenvalue weighted by Gasteiger charge is 2.14. The third-order valence-electron chi connectivity index (χ3n) is 3.48. The lowest BCUT2D eigenvalue weighted by Gasteiger charge is -2.21. The molecule has 1 aliphatic carbocycles. The van der Waals surface area contributed by atoms with Gasteiger partial charge in [-0.3, -0.25) is 4.79 Å². The molecular weight excluding hydrogens is 339 g/mol. The molecule has 0 saturated heterocycles. The fraction of sp³-hybridized carbons (Fsp3) is 0.533. The Kier molecular flexibility index (Phi) is 5.63. The van der Waals surface area contributed by atoms with Gasteiger partial charge in [0.05, 0.1) is 6.61 Å². The van der Waals surface area contributed by atoms with Gasteiger partial charge in [0.1, 0.15) is 6.61 Å². The Morgan fingerprint density at radius 3 is 2.50 bits per heavy atom. The Labute approximate surface area is 122 Å². The summed E-state index contributed by atoms with van der Waals surface area (Å²) in [5.74, 6) is 0.755. The lowest BCUT2D eigenvalue weighted by Crippen LogP contribution is -2.17. The fourth-order valence-corrected chi connectivity index (χ4v) is 2.75. The Morgan fingerprint density at radius 1 is 1.17 bits per heavy atom. The first-order valence-corrected chi connectivity index (χ1v) is 7.70. The molecule has 1 fully saturated rings. The lowest BCUT2D eigenvalue weighted by molar-refractivity contribution is 0.0628. The van der Waals surface area contributed by atoms with Crippen LogP contribution in [0.1, 0.15) is 42.5 Å². The number of ketones is 1. The third kappa shape index (κ3) is 4.35. The minimum atomic E-state index is 0.0854. The Morgan fingerprint density at radius 2 is 1.83 bits per heavy atom. The van der Waals surface area contributed by atoms with Gasteiger partial charge in [-0.05, 0) is 53.5 Å². The molecule has 0 amide bonds. The number of carbonyl (C=O) groups is 1. The van der Waals surface area contributed by atoms with E-state index in [2.05, 4.69) is 22.6 Å². The van der Waals surface area contributed by atoms with Crippen LogP contribution in [0.4, 0.5) is 0 Å². The van der Waals surface area contributed by atoms with E-state index in [4.69, 9.17) is 4.74 Å². The van der Waals surface area contributed by atoms with Gasteiger partial charge in [-0.15, -0.1) is 0 Å². The molecule has 1 aromatic rings. The Hall–Kier alpha value is -0.420. The molecule has 2 rings (SSSR count). The molecule has 1 aliphatic rings. The van der Waals surface area contributed by atoms with Gasteiger partial charge >= 0.3 is 0 Å². The van der Waals surface area contributed by atoms with Gasteiger partial charge in [-0.2, -0.15) is 0 Å². The molecule has 0 atom stereocenters. The monoisotopic (exact) mass is 358 g/mol. The molecule has 2 nitrogen and oxygen atoms in total. The third-order valence-corrected chi connectivity index (χ3v) is 4.20. The molecular formula is C15H19IO2. The van der Waals surface area contributed by atoms with Gasteiger partial charge < -0.3 is 4.74 Å². The number of rotatable bonds is 5. The van der Waals surface area contributed by atoms with Crippen LogP contribution < -0.4 is 0 Å². The van der Waals surface area contributed by atoms with Crippen molar-refractivity contribution in [2.24, 2.45) is 5.92 Å². The van der Waals surface area contributed by atoms with Gasteiger partial charge in [-0.25, -0.2) is 0 Å². The summed E-state index contributed by atoms with van der Waals surface area (Å²) in [5.41, 5.74) is 0.749. The zero-order valence-corrected chi connectivity index (χ0v) is 12.7. The van der Waals surface area contributed by atoms with Crippen LogP contribution in [0.3, 0.4) is 0 Å². The standard InChI is InChI=1S/C15H19IO2/c16-14-8-6-13(7-9-14)15(17)11-18-10-12-4-2-1-3-5-12/h6-9,12H,1-5,10-11H2. The average Bonchev–Trinajstić information content (AvgIpc) is 2.40. The maximum Gasteiger partial charge on any atom is 0.188 e. The van der Waals surface area contributed by atoms with Crippen molar-refractivity contribution in [3.8, 4) is 0 Å². The van der Waals surface area contributed by atoms with Crippen LogP contribution in [-0.2, 0) is 4.74 Å². The van der Waals surface area contributed by atoms with Gasteiger partial charge in [0, 0.05) is 9.13 Å². The molecule has 0 aromatic heterocycles. The molecule has 0 bridgehead atoms. The predicted molar refractivity (Wildman–Crippen MR) is 80.9 cm³/mol. The number of hydrogen-bond acceptors (Lipinski definition) is 2. The van der Waals surface area contributed by atoms with E-state index < -0.39 is 0 Å². The molecule has 18 heavy (non-hydrogen) atoms. The van der Waals surface area contributed by atoms with E-state index in [1.807, 2.05) is 24.3 Å². The maximum atomic E-state index is 11.9. The molecule has 0 unspecified atom stereocenters. The van der Waals surface area contributed by atoms with Crippen molar-refractivity contribution in [2.45, 2.75) is 32.1 Å². The summed E-state index contributed by atoms with van der Waals surface area (Å²) in [4.78, 5) is 11.9. The molecule has 98 valence electrons. The average molecular weight is 358 g/mol. The summed E-state index contributed by atoms with van der Waals surface area (Å²) in [6, 6.07) is 7.64. The second-order valence-electron chi connectivity index (χ2n) is 4.95. The summed E-state index contributed by atoms with van der Waals surface area (Å²) in [6.45, 7) is 0.965. The largest absolute Gasteiger partial charge is 0.373 e. The minimum Gasteiger partial charge on any atom is -0.373 e. The molecule has 0 spiro atoms. The molecule has 1 saturated carbocycles. The molecule has 0 aliphatic heterocycles. The minimum absolute atomic E-state index is 0.0854. The molecule has 1 aromatic carbocycles. The smallest absolute Gasteiger partial charge is 0.188 e. The van der Waals surface area contributed by atoms with E-state index in [0.717, 1.165) is 15.7 Å². The summed E-state index contributed by atoms with van der Waals surface area (Å²) in [6.07, 6.45) is 6.52. The number of Topliss-reactive ketones (excluding diaryl/α,β-unsaturated/α-hetero) is 1. The Balaban J connectivity index is 1.72. The molecule has 0 radical (unpaired) electrons. The summed E-state index contributed by atoms with van der Waals surface area (Å²) >= 11 is 2.24. The second-order valence-corrected chi connectivity index (χ2v) is 6.19. The maximum absolute atomic E-state index is 11.9. The molecule has 3 heteroatoms. The van der Waals surface area contributed by atoms with Crippen molar-refractivity contribution in [1.29, 1.82) is 0 Å². The van der Waals surface area contributed by atoms with Gasteiger partial charge in [0.15, 0.2) is 5.78 Å². The van der Waals surface area contributed by atoms with E-state index in [1.54, 1.807) is 0 Å². The lowest BCUT2D eigenvalue weighted by atomic mass is 9.90. The van der Waals surface area contributed by atoms with Crippen molar-refractivity contribution < 1.29 is 9.53 Å². The quantitative estimate of drug-likeness (QED) is 0.586. The van der Waals surface area contributed by atoms with Crippen LogP contribution >= 0.6 is 22.6 Å². The predicted octanol–water partition coefficient (Wildman–Crippen LogP) is 4.07. The van der Waals surface area contributed by atoms with Crippen molar-refractivity contribution >= 4 is 28.4 Å². The van der Waals surface area contributed by atoms with E-state index in [0.29, 0.717) is 5.92 Å². The zero-order valence-electron chi connectivity index (χ0n) is 10.5. The SMILES string of the molecule is O=C(COCC1CCCCC1)c1ccc(I)cc1. The van der Waals surface area contributed by atoms with Crippen LogP contribution in [0, 0.1) is 9.49 Å². The van der Waals surface area contributed by atoms with E-state index in [-0.39, 0.29) is 12.4 Å². The first-order chi connectivity index (χ1) is 8.75. The summed E-state index contributed by atoms with van der Waals surface area (Å²) < 4.78 is 6.71. The number of halogens is 1. The van der Waals surface area contributed by atoms with Crippen molar-refractivity contribution in [1.82, 2.24) is 0 Å². The van der Waals surface area contributed by atoms with Crippen LogP contribution in [-0.4, -0.2) is 19.0 Å². The topological polar surface area (TPSA) is 26.3 Å². The summed E-state index contributed by atoms with van der Waals surface area (Å²) in [5, 5.41) is 0. The zero-order chi connectivity index (χ0) is 12.8. The van der Waals surface area contributed by atoms with Crippen LogP contribution in [0.2, 0.25) is 0 Å². The number of ether oxygens (including phenoxy) is 1. The van der Waals surface area contributed by atoms with Gasteiger partial charge in [0.2, 0.25) is 0 Å². The Bertz CT molecular complexity index is 380. The first-order valence-electron chi connectivity index (χ1n) is 6.62. The number of carbonyl (C=O) groups excluding carboxylic acids is 1. The van der Waals surface area contributed by atoms with E-state index >= 15 is 0 Å². The summed E-state index contributed by atoms with van der Waals surface area (Å²) in [7, 11) is 0. The van der Waals surface area contributed by atoms with Gasteiger partial charge in [-0.1, -0.05) is 31.4 Å². The van der Waals surface area contributed by atoms with Crippen LogP contribution in [0.25, 0.3) is 0 Å². The van der Waals surface area contributed by atoms with E-state index in [1.165, 1.54) is 32.1 Å². The van der Waals surface area contributed by atoms with Crippen molar-refractivity contribution in [3.05, 3.63) is 33.4 Å².